The van der Waals surface area contributed by atoms with Gasteiger partial charge in [-0.25, -0.2) is 0 Å². The molecule has 1 rings (SSSR count). The van der Waals surface area contributed by atoms with E-state index in [0.29, 0.717) is 18.7 Å². The van der Waals surface area contributed by atoms with Gasteiger partial charge >= 0.3 is 5.97 Å². The molecule has 0 aliphatic carbocycles. The van der Waals surface area contributed by atoms with Crippen LogP contribution >= 0.6 is 12.6 Å². The summed E-state index contributed by atoms with van der Waals surface area (Å²) in [4.78, 5) is 35.7. The summed E-state index contributed by atoms with van der Waals surface area (Å²) in [5, 5.41) is 10.8. The zero-order chi connectivity index (χ0) is 13.7. The lowest BCUT2D eigenvalue weighted by atomic mass is 10.1. The molecule has 0 saturated carbocycles. The summed E-state index contributed by atoms with van der Waals surface area (Å²) >= 11 is 4.07. The minimum absolute atomic E-state index is 0.0991. The van der Waals surface area contributed by atoms with Crippen molar-refractivity contribution in [2.75, 3.05) is 18.8 Å². The fourth-order valence-electron chi connectivity index (χ4n) is 1.94. The Morgan fingerprint density at radius 3 is 2.72 bits per heavy atom. The Morgan fingerprint density at radius 1 is 1.50 bits per heavy atom. The summed E-state index contributed by atoms with van der Waals surface area (Å²) in [5.74, 6) is -1.39. The van der Waals surface area contributed by atoms with Crippen molar-refractivity contribution >= 4 is 30.4 Å². The second kappa shape index (κ2) is 6.63. The maximum Gasteiger partial charge on any atom is 0.322 e. The summed E-state index contributed by atoms with van der Waals surface area (Å²) in [6.07, 6.45) is 1.34. The highest BCUT2D eigenvalue weighted by molar-refractivity contribution is 7.80. The average Bonchev–Trinajstić information content (AvgIpc) is 2.82. The van der Waals surface area contributed by atoms with Gasteiger partial charge in [0.1, 0.15) is 12.6 Å². The quantitative estimate of drug-likeness (QED) is 0.603. The van der Waals surface area contributed by atoms with Gasteiger partial charge in [0.25, 0.3) is 0 Å². The van der Waals surface area contributed by atoms with E-state index in [2.05, 4.69) is 17.9 Å². The van der Waals surface area contributed by atoms with Crippen LogP contribution in [0.5, 0.6) is 0 Å². The molecule has 6 nitrogen and oxygen atoms in total. The number of hydrogen-bond donors (Lipinski definition) is 3. The van der Waals surface area contributed by atoms with Gasteiger partial charge in [0.15, 0.2) is 0 Å². The van der Waals surface area contributed by atoms with Crippen molar-refractivity contribution in [3.8, 4) is 0 Å². The average molecular weight is 274 g/mol. The smallest absolute Gasteiger partial charge is 0.322 e. The van der Waals surface area contributed by atoms with Crippen LogP contribution < -0.4 is 5.32 Å². The fourth-order valence-corrected chi connectivity index (χ4v) is 2.10. The minimum Gasteiger partial charge on any atom is -0.480 e. The Balaban J connectivity index is 2.61. The SMILES string of the molecule is CC(CS)C(=O)N1CCC[C@H]1C(=O)NCC(=O)O. The fraction of sp³-hybridized carbons (Fsp3) is 0.727. The van der Waals surface area contributed by atoms with Gasteiger partial charge in [-0.3, -0.25) is 14.4 Å². The number of carboxylic acids is 1. The van der Waals surface area contributed by atoms with Crippen LogP contribution in [0.3, 0.4) is 0 Å². The molecule has 2 atom stereocenters. The van der Waals surface area contributed by atoms with Gasteiger partial charge in [0, 0.05) is 18.2 Å². The first-order valence-corrected chi connectivity index (χ1v) is 6.51. The number of nitrogens with zero attached hydrogens (tertiary/aromatic N) is 1. The Kier molecular flexibility index (Phi) is 5.46. The Hall–Kier alpha value is -1.24. The lowest BCUT2D eigenvalue weighted by Crippen LogP contribution is -2.48. The molecule has 0 aromatic heterocycles. The first-order valence-electron chi connectivity index (χ1n) is 5.88. The molecule has 1 heterocycles. The van der Waals surface area contributed by atoms with Gasteiger partial charge in [-0.15, -0.1) is 0 Å². The molecule has 1 aliphatic heterocycles. The van der Waals surface area contributed by atoms with E-state index in [9.17, 15) is 14.4 Å². The summed E-state index contributed by atoms with van der Waals surface area (Å²) < 4.78 is 0. The van der Waals surface area contributed by atoms with E-state index in [-0.39, 0.29) is 11.8 Å². The standard InChI is InChI=1S/C11H18N2O4S/c1-7(6-18)11(17)13-4-2-3-8(13)10(16)12-5-9(14)15/h7-8,18H,2-6H2,1H3,(H,12,16)(H,14,15)/t7?,8-/m0/s1. The monoisotopic (exact) mass is 274 g/mol. The number of nitrogens with one attached hydrogen (secondary N) is 1. The third-order valence-electron chi connectivity index (χ3n) is 2.95. The molecule has 2 N–H and O–H groups in total. The van der Waals surface area contributed by atoms with Crippen molar-refractivity contribution in [1.29, 1.82) is 0 Å². The van der Waals surface area contributed by atoms with Crippen LogP contribution in [0.15, 0.2) is 0 Å². The van der Waals surface area contributed by atoms with Crippen molar-refractivity contribution in [3.63, 3.8) is 0 Å². The molecule has 0 aromatic carbocycles. The van der Waals surface area contributed by atoms with Gasteiger partial charge in [0.05, 0.1) is 0 Å². The zero-order valence-corrected chi connectivity index (χ0v) is 11.2. The topological polar surface area (TPSA) is 86.7 Å². The number of amides is 2. The third-order valence-corrected chi connectivity index (χ3v) is 3.50. The van der Waals surface area contributed by atoms with Crippen LogP contribution in [0.2, 0.25) is 0 Å². The minimum atomic E-state index is -1.09. The second-order valence-electron chi connectivity index (χ2n) is 4.38. The number of rotatable bonds is 5. The number of thiol groups is 1. The first kappa shape index (κ1) is 14.8. The first-order chi connectivity index (χ1) is 8.47. The maximum absolute atomic E-state index is 12.0. The Morgan fingerprint density at radius 2 is 2.17 bits per heavy atom. The Bertz CT molecular complexity index is 348. The highest BCUT2D eigenvalue weighted by atomic mass is 32.1. The number of aliphatic carboxylic acids is 1. The molecule has 2 amide bonds. The van der Waals surface area contributed by atoms with Gasteiger partial charge in [0.2, 0.25) is 11.8 Å². The van der Waals surface area contributed by atoms with Crippen LogP contribution in [0.4, 0.5) is 0 Å². The van der Waals surface area contributed by atoms with E-state index in [1.807, 2.05) is 0 Å². The van der Waals surface area contributed by atoms with Crippen LogP contribution in [0, 0.1) is 5.92 Å². The Labute approximate surface area is 111 Å². The van der Waals surface area contributed by atoms with Crippen molar-refractivity contribution in [1.82, 2.24) is 10.2 Å². The number of likely N-dealkylation sites (tertiary alicyclic amines) is 1. The van der Waals surface area contributed by atoms with Gasteiger partial charge in [-0.05, 0) is 12.8 Å². The predicted octanol–water partition coefficient (Wildman–Crippen LogP) is -0.256. The van der Waals surface area contributed by atoms with Crippen molar-refractivity contribution in [2.24, 2.45) is 5.92 Å². The largest absolute Gasteiger partial charge is 0.480 e. The zero-order valence-electron chi connectivity index (χ0n) is 10.3. The third kappa shape index (κ3) is 3.63. The number of carbonyl (C=O) groups excluding carboxylic acids is 2. The molecule has 0 spiro atoms. The molecular weight excluding hydrogens is 256 g/mol. The number of carboxylic acid groups (broad SMARTS) is 1. The summed E-state index contributed by atoms with van der Waals surface area (Å²) in [7, 11) is 0. The van der Waals surface area contributed by atoms with Crippen LogP contribution in [-0.2, 0) is 14.4 Å². The summed E-state index contributed by atoms with van der Waals surface area (Å²) in [5.41, 5.74) is 0. The molecule has 0 bridgehead atoms. The lowest BCUT2D eigenvalue weighted by Gasteiger charge is -2.26. The molecule has 7 heteroatoms. The summed E-state index contributed by atoms with van der Waals surface area (Å²) in [6, 6.07) is -0.542. The van der Waals surface area contributed by atoms with Crippen LogP contribution in [0.25, 0.3) is 0 Å². The predicted molar refractivity (Wildman–Crippen MR) is 68.4 cm³/mol. The molecule has 18 heavy (non-hydrogen) atoms. The molecule has 1 unspecified atom stereocenters. The highest BCUT2D eigenvalue weighted by Crippen LogP contribution is 2.20. The molecular formula is C11H18N2O4S. The lowest BCUT2D eigenvalue weighted by molar-refractivity contribution is -0.142. The van der Waals surface area contributed by atoms with Crippen LogP contribution in [0.1, 0.15) is 19.8 Å². The van der Waals surface area contributed by atoms with Crippen molar-refractivity contribution in [2.45, 2.75) is 25.8 Å². The number of hydrogen-bond acceptors (Lipinski definition) is 4. The van der Waals surface area contributed by atoms with E-state index in [0.717, 1.165) is 6.42 Å². The van der Waals surface area contributed by atoms with E-state index in [1.165, 1.54) is 4.90 Å². The molecule has 1 fully saturated rings. The van der Waals surface area contributed by atoms with Gasteiger partial charge in [-0.1, -0.05) is 6.92 Å². The molecule has 1 aliphatic rings. The van der Waals surface area contributed by atoms with E-state index >= 15 is 0 Å². The molecule has 0 aromatic rings. The number of carbonyl (C=O) groups is 3. The normalized spacial score (nSPS) is 20.6. The van der Waals surface area contributed by atoms with Gasteiger partial charge < -0.3 is 15.3 Å². The van der Waals surface area contributed by atoms with E-state index in [1.54, 1.807) is 6.92 Å². The second-order valence-corrected chi connectivity index (χ2v) is 4.75. The van der Waals surface area contributed by atoms with E-state index < -0.39 is 24.5 Å². The molecule has 102 valence electrons. The highest BCUT2D eigenvalue weighted by Gasteiger charge is 2.35. The van der Waals surface area contributed by atoms with Crippen molar-refractivity contribution in [3.05, 3.63) is 0 Å². The molecule has 1 saturated heterocycles. The molecule has 0 radical (unpaired) electrons. The summed E-state index contributed by atoms with van der Waals surface area (Å²) in [6.45, 7) is 1.89. The van der Waals surface area contributed by atoms with Gasteiger partial charge in [-0.2, -0.15) is 12.6 Å². The van der Waals surface area contributed by atoms with Crippen molar-refractivity contribution < 1.29 is 19.5 Å². The maximum atomic E-state index is 12.0. The van der Waals surface area contributed by atoms with Crippen LogP contribution in [-0.4, -0.2) is 52.7 Å². The van der Waals surface area contributed by atoms with E-state index in [4.69, 9.17) is 5.11 Å².